The van der Waals surface area contributed by atoms with Gasteiger partial charge in [0.25, 0.3) is 11.8 Å². The van der Waals surface area contributed by atoms with Gasteiger partial charge in [0.05, 0.1) is 0 Å². The van der Waals surface area contributed by atoms with E-state index in [0.717, 1.165) is 17.9 Å². The lowest BCUT2D eigenvalue weighted by molar-refractivity contribution is -0.149. The predicted octanol–water partition coefficient (Wildman–Crippen LogP) is 1.10. The number of carbonyl (C=O) groups is 2. The lowest BCUT2D eigenvalue weighted by atomic mass is 9.90. The summed E-state index contributed by atoms with van der Waals surface area (Å²) in [7, 11) is 5.07. The van der Waals surface area contributed by atoms with Gasteiger partial charge in [0.2, 0.25) is 0 Å². The Morgan fingerprint density at radius 1 is 1.11 bits per heavy atom. The molecular weight excluding hydrogens is 358 g/mol. The third-order valence-corrected chi connectivity index (χ3v) is 5.33. The largest absolute Gasteiger partial charge is 0.380 e. The molecule has 7 nitrogen and oxygen atoms in total. The van der Waals surface area contributed by atoms with Gasteiger partial charge in [0.15, 0.2) is 12.2 Å². The fourth-order valence-electron chi connectivity index (χ4n) is 3.49. The van der Waals surface area contributed by atoms with E-state index < -0.39 is 24.0 Å². The van der Waals surface area contributed by atoms with Crippen LogP contribution in [-0.2, 0) is 16.0 Å². The summed E-state index contributed by atoms with van der Waals surface area (Å²) in [5.41, 5.74) is 1.74. The molecule has 0 radical (unpaired) electrons. The van der Waals surface area contributed by atoms with Gasteiger partial charge in [0, 0.05) is 19.8 Å². The van der Waals surface area contributed by atoms with Crippen LogP contribution in [0, 0.1) is 5.92 Å². The van der Waals surface area contributed by atoms with Gasteiger partial charge in [-0.25, -0.2) is 0 Å². The smallest absolute Gasteiger partial charge is 0.256 e. The summed E-state index contributed by atoms with van der Waals surface area (Å²) in [6.45, 7) is 2.31. The second kappa shape index (κ2) is 10.5. The van der Waals surface area contributed by atoms with Crippen molar-refractivity contribution >= 4 is 17.5 Å². The average Bonchev–Trinajstić information content (AvgIpc) is 2.66. The minimum atomic E-state index is -1.82. The molecule has 0 aliphatic carbocycles. The Hall–Kier alpha value is -1.96. The quantitative estimate of drug-likeness (QED) is 0.675. The van der Waals surface area contributed by atoms with E-state index in [1.807, 2.05) is 12.1 Å². The highest BCUT2D eigenvalue weighted by molar-refractivity contribution is 5.98. The number of hydrogen-bond donors (Lipinski definition) is 3. The second-order valence-corrected chi connectivity index (χ2v) is 7.97. The summed E-state index contributed by atoms with van der Waals surface area (Å²) >= 11 is 0. The minimum Gasteiger partial charge on any atom is -0.380 e. The first-order valence-corrected chi connectivity index (χ1v) is 9.93. The maximum absolute atomic E-state index is 12.1. The van der Waals surface area contributed by atoms with Crippen molar-refractivity contribution in [2.24, 2.45) is 5.92 Å². The van der Waals surface area contributed by atoms with Gasteiger partial charge in [-0.15, -0.1) is 0 Å². The molecule has 1 heterocycles. The number of aliphatic hydroxyl groups is 2. The molecule has 1 aliphatic rings. The predicted molar refractivity (Wildman–Crippen MR) is 109 cm³/mol. The van der Waals surface area contributed by atoms with Crippen molar-refractivity contribution in [1.29, 1.82) is 0 Å². The summed E-state index contributed by atoms with van der Waals surface area (Å²) in [5.74, 6) is -0.862. The Kier molecular flexibility index (Phi) is 8.41. The normalized spacial score (nSPS) is 20.5. The number of likely N-dealkylation sites (tertiary alicyclic amines) is 1. The molecule has 1 saturated heterocycles. The van der Waals surface area contributed by atoms with E-state index in [4.69, 9.17) is 0 Å². The topological polar surface area (TPSA) is 93.1 Å². The van der Waals surface area contributed by atoms with Crippen LogP contribution in [0.4, 0.5) is 5.69 Å². The number of rotatable bonds is 6. The van der Waals surface area contributed by atoms with Gasteiger partial charge in [-0.2, -0.15) is 0 Å². The Morgan fingerprint density at radius 3 is 2.43 bits per heavy atom. The lowest BCUT2D eigenvalue weighted by Crippen LogP contribution is -2.47. The maximum Gasteiger partial charge on any atom is 0.256 e. The van der Waals surface area contributed by atoms with Gasteiger partial charge in [0.1, 0.15) is 0 Å². The van der Waals surface area contributed by atoms with E-state index in [1.165, 1.54) is 51.9 Å². The maximum atomic E-state index is 12.1. The lowest BCUT2D eigenvalue weighted by Gasteiger charge is -2.25. The molecule has 1 aromatic rings. The first kappa shape index (κ1) is 22.3. The van der Waals surface area contributed by atoms with Gasteiger partial charge < -0.3 is 25.3 Å². The number of benzene rings is 1. The standard InChI is InChI=1S/C21H33N3O4/c1-23(2)21(28)19(26)18(25)20(27)22-17-9-7-16(8-10-17)14-15-6-4-5-12-24(3)13-11-15/h7-10,15,18-19,25-26H,4-6,11-14H2,1-3H3,(H,22,27)/t15?,18-,19?/m1/s1. The van der Waals surface area contributed by atoms with Crippen molar-refractivity contribution in [3.63, 3.8) is 0 Å². The van der Waals surface area contributed by atoms with E-state index in [9.17, 15) is 19.8 Å². The van der Waals surface area contributed by atoms with Gasteiger partial charge in [-0.05, 0) is 63.0 Å². The van der Waals surface area contributed by atoms with Crippen LogP contribution >= 0.6 is 0 Å². The summed E-state index contributed by atoms with van der Waals surface area (Å²) in [5, 5.41) is 22.2. The van der Waals surface area contributed by atoms with Crippen LogP contribution in [-0.4, -0.2) is 78.3 Å². The molecule has 1 aromatic carbocycles. The first-order chi connectivity index (χ1) is 13.3. The second-order valence-electron chi connectivity index (χ2n) is 7.97. The van der Waals surface area contributed by atoms with Crippen LogP contribution in [0.3, 0.4) is 0 Å². The molecule has 0 spiro atoms. The zero-order valence-corrected chi connectivity index (χ0v) is 17.1. The molecule has 2 rings (SSSR count). The number of anilines is 1. The van der Waals surface area contributed by atoms with Crippen molar-refractivity contribution < 1.29 is 19.8 Å². The Bertz CT molecular complexity index is 648. The first-order valence-electron chi connectivity index (χ1n) is 9.93. The van der Waals surface area contributed by atoms with Crippen molar-refractivity contribution in [3.05, 3.63) is 29.8 Å². The number of likely N-dealkylation sites (N-methyl/N-ethyl adjacent to an activating group) is 1. The van der Waals surface area contributed by atoms with Crippen LogP contribution in [0.25, 0.3) is 0 Å². The number of aliphatic hydroxyl groups excluding tert-OH is 2. The zero-order valence-electron chi connectivity index (χ0n) is 17.1. The van der Waals surface area contributed by atoms with Gasteiger partial charge in [-0.3, -0.25) is 9.59 Å². The Balaban J connectivity index is 1.89. The highest BCUT2D eigenvalue weighted by Crippen LogP contribution is 2.22. The Morgan fingerprint density at radius 2 is 1.79 bits per heavy atom. The third-order valence-electron chi connectivity index (χ3n) is 5.33. The summed E-state index contributed by atoms with van der Waals surface area (Å²) in [6.07, 6.45) is 2.36. The van der Waals surface area contributed by atoms with E-state index >= 15 is 0 Å². The minimum absolute atomic E-state index is 0.523. The average molecular weight is 392 g/mol. The van der Waals surface area contributed by atoms with Crippen molar-refractivity contribution in [1.82, 2.24) is 9.80 Å². The molecule has 0 bridgehead atoms. The fourth-order valence-corrected chi connectivity index (χ4v) is 3.49. The number of hydrogen-bond acceptors (Lipinski definition) is 5. The third kappa shape index (κ3) is 6.58. The summed E-state index contributed by atoms with van der Waals surface area (Å²) in [4.78, 5) is 27.3. The van der Waals surface area contributed by atoms with Crippen LogP contribution in [0.1, 0.15) is 31.2 Å². The van der Waals surface area contributed by atoms with E-state index in [0.29, 0.717) is 11.6 Å². The van der Waals surface area contributed by atoms with Crippen molar-refractivity contribution in [2.75, 3.05) is 39.5 Å². The molecule has 3 atom stereocenters. The SMILES string of the molecule is CN1CCCCC(Cc2ccc(NC(=O)[C@H](O)C(O)C(=O)N(C)C)cc2)CC1. The van der Waals surface area contributed by atoms with Crippen LogP contribution < -0.4 is 5.32 Å². The van der Waals surface area contributed by atoms with Gasteiger partial charge in [-0.1, -0.05) is 25.0 Å². The molecule has 1 fully saturated rings. The zero-order chi connectivity index (χ0) is 20.7. The number of nitrogens with zero attached hydrogens (tertiary/aromatic N) is 2. The highest BCUT2D eigenvalue weighted by atomic mass is 16.3. The number of nitrogens with one attached hydrogen (secondary N) is 1. The van der Waals surface area contributed by atoms with Crippen LogP contribution in [0.5, 0.6) is 0 Å². The molecule has 28 heavy (non-hydrogen) atoms. The fraction of sp³-hybridized carbons (Fsp3) is 0.619. The van der Waals surface area contributed by atoms with Crippen LogP contribution in [0.2, 0.25) is 0 Å². The summed E-state index contributed by atoms with van der Waals surface area (Å²) in [6, 6.07) is 7.53. The molecule has 1 aliphatic heterocycles. The molecule has 156 valence electrons. The molecule has 0 saturated carbocycles. The van der Waals surface area contributed by atoms with Crippen molar-refractivity contribution in [2.45, 2.75) is 44.3 Å². The molecule has 0 aromatic heterocycles. The molecule has 2 amide bonds. The van der Waals surface area contributed by atoms with Gasteiger partial charge >= 0.3 is 0 Å². The molecule has 7 heteroatoms. The van der Waals surface area contributed by atoms with E-state index in [2.05, 4.69) is 17.3 Å². The van der Waals surface area contributed by atoms with E-state index in [-0.39, 0.29) is 0 Å². The molecule has 3 N–H and O–H groups in total. The summed E-state index contributed by atoms with van der Waals surface area (Å²) < 4.78 is 0. The Labute approximate surface area is 167 Å². The molecule has 2 unspecified atom stereocenters. The monoisotopic (exact) mass is 391 g/mol. The number of amides is 2. The highest BCUT2D eigenvalue weighted by Gasteiger charge is 2.31. The van der Waals surface area contributed by atoms with E-state index in [1.54, 1.807) is 12.1 Å². The van der Waals surface area contributed by atoms with Crippen molar-refractivity contribution in [3.8, 4) is 0 Å². The molecular formula is C21H33N3O4. The van der Waals surface area contributed by atoms with Crippen LogP contribution in [0.15, 0.2) is 24.3 Å². The number of carbonyl (C=O) groups excluding carboxylic acids is 2.